The molecule has 0 aromatic heterocycles. The summed E-state index contributed by atoms with van der Waals surface area (Å²) in [6.07, 6.45) is 0. The van der Waals surface area contributed by atoms with Gasteiger partial charge >= 0.3 is 0 Å². The zero-order valence-electron chi connectivity index (χ0n) is 6.28. The van der Waals surface area contributed by atoms with Gasteiger partial charge in [0.25, 0.3) is 0 Å². The molecular weight excluding hydrogens is 140 g/mol. The standard InChI is InChI=1S/C7H10N4/c1-10-11-7-3-2-5(8)4-6(7)9/h2-4H,8-9H2,1H3/b11-10+. The van der Waals surface area contributed by atoms with Crippen molar-refractivity contribution in [3.63, 3.8) is 0 Å². The molecule has 0 saturated heterocycles. The van der Waals surface area contributed by atoms with Crippen molar-refractivity contribution in [1.82, 2.24) is 0 Å². The summed E-state index contributed by atoms with van der Waals surface area (Å²) in [6, 6.07) is 5.13. The van der Waals surface area contributed by atoms with Crippen LogP contribution >= 0.6 is 0 Å². The van der Waals surface area contributed by atoms with Gasteiger partial charge in [0.15, 0.2) is 0 Å². The van der Waals surface area contributed by atoms with E-state index in [0.717, 1.165) is 0 Å². The van der Waals surface area contributed by atoms with Crippen molar-refractivity contribution in [1.29, 1.82) is 0 Å². The van der Waals surface area contributed by atoms with Gasteiger partial charge in [-0.25, -0.2) is 0 Å². The number of hydrogen-bond acceptors (Lipinski definition) is 4. The Morgan fingerprint density at radius 3 is 2.55 bits per heavy atom. The van der Waals surface area contributed by atoms with Gasteiger partial charge in [0.2, 0.25) is 0 Å². The van der Waals surface area contributed by atoms with E-state index in [2.05, 4.69) is 10.2 Å². The van der Waals surface area contributed by atoms with Crippen molar-refractivity contribution < 1.29 is 0 Å². The fourth-order valence-corrected chi connectivity index (χ4v) is 0.772. The molecule has 0 aliphatic heterocycles. The lowest BCUT2D eigenvalue weighted by Crippen LogP contribution is -1.89. The van der Waals surface area contributed by atoms with E-state index in [-0.39, 0.29) is 0 Å². The minimum Gasteiger partial charge on any atom is -0.399 e. The van der Waals surface area contributed by atoms with E-state index in [4.69, 9.17) is 11.5 Å². The summed E-state index contributed by atoms with van der Waals surface area (Å²) >= 11 is 0. The molecule has 0 unspecified atom stereocenters. The molecule has 11 heavy (non-hydrogen) atoms. The van der Waals surface area contributed by atoms with Crippen LogP contribution in [0.1, 0.15) is 0 Å². The van der Waals surface area contributed by atoms with Crippen LogP contribution in [0.4, 0.5) is 17.1 Å². The van der Waals surface area contributed by atoms with Gasteiger partial charge in [0, 0.05) is 12.7 Å². The van der Waals surface area contributed by atoms with E-state index in [9.17, 15) is 0 Å². The Labute approximate surface area is 64.9 Å². The molecule has 0 bridgehead atoms. The predicted molar refractivity (Wildman–Crippen MR) is 45.7 cm³/mol. The molecule has 0 aliphatic carbocycles. The molecule has 4 heteroatoms. The van der Waals surface area contributed by atoms with Gasteiger partial charge in [0.1, 0.15) is 5.69 Å². The van der Waals surface area contributed by atoms with E-state index in [1.54, 1.807) is 25.2 Å². The second kappa shape index (κ2) is 3.01. The lowest BCUT2D eigenvalue weighted by atomic mass is 10.2. The molecule has 0 fully saturated rings. The van der Waals surface area contributed by atoms with Crippen molar-refractivity contribution in [2.75, 3.05) is 18.5 Å². The lowest BCUT2D eigenvalue weighted by molar-refractivity contribution is 1.17. The Balaban J connectivity index is 3.09. The number of anilines is 2. The molecule has 0 saturated carbocycles. The van der Waals surface area contributed by atoms with E-state index < -0.39 is 0 Å². The molecule has 1 aromatic carbocycles. The maximum atomic E-state index is 5.57. The van der Waals surface area contributed by atoms with Crippen molar-refractivity contribution in [2.45, 2.75) is 0 Å². The molecular formula is C7H10N4. The van der Waals surface area contributed by atoms with Crippen molar-refractivity contribution in [3.8, 4) is 0 Å². The Bertz CT molecular complexity index is 280. The maximum absolute atomic E-state index is 5.57. The van der Waals surface area contributed by atoms with E-state index in [1.807, 2.05) is 0 Å². The second-order valence-electron chi connectivity index (χ2n) is 2.12. The molecule has 58 valence electrons. The van der Waals surface area contributed by atoms with Gasteiger partial charge in [-0.05, 0) is 18.2 Å². The molecule has 0 heterocycles. The molecule has 0 atom stereocenters. The normalized spacial score (nSPS) is 10.6. The Morgan fingerprint density at radius 2 is 2.00 bits per heavy atom. The van der Waals surface area contributed by atoms with Gasteiger partial charge in [-0.1, -0.05) is 0 Å². The zero-order valence-corrected chi connectivity index (χ0v) is 6.28. The zero-order chi connectivity index (χ0) is 8.27. The minimum absolute atomic E-state index is 0.551. The second-order valence-corrected chi connectivity index (χ2v) is 2.12. The first-order chi connectivity index (χ1) is 5.24. The summed E-state index contributed by atoms with van der Waals surface area (Å²) in [4.78, 5) is 0. The molecule has 4 nitrogen and oxygen atoms in total. The van der Waals surface area contributed by atoms with Crippen LogP contribution in [0, 0.1) is 0 Å². The van der Waals surface area contributed by atoms with Crippen LogP contribution < -0.4 is 11.5 Å². The van der Waals surface area contributed by atoms with E-state index >= 15 is 0 Å². The molecule has 1 aromatic rings. The molecule has 0 amide bonds. The lowest BCUT2D eigenvalue weighted by Gasteiger charge is -1.98. The third-order valence-corrected chi connectivity index (χ3v) is 1.26. The average Bonchev–Trinajstić information content (AvgIpc) is 1.95. The van der Waals surface area contributed by atoms with Crippen LogP contribution in [0.5, 0.6) is 0 Å². The highest BCUT2D eigenvalue weighted by Gasteiger charge is 1.95. The minimum atomic E-state index is 0.551. The van der Waals surface area contributed by atoms with Gasteiger partial charge in [-0.15, -0.1) is 0 Å². The van der Waals surface area contributed by atoms with Crippen LogP contribution in [0.25, 0.3) is 0 Å². The highest BCUT2D eigenvalue weighted by molar-refractivity contribution is 5.67. The van der Waals surface area contributed by atoms with Crippen LogP contribution in [-0.4, -0.2) is 7.05 Å². The summed E-state index contributed by atoms with van der Waals surface area (Å²) in [7, 11) is 1.59. The number of nitrogens with zero attached hydrogens (tertiary/aromatic N) is 2. The van der Waals surface area contributed by atoms with Crippen molar-refractivity contribution >= 4 is 17.1 Å². The maximum Gasteiger partial charge on any atom is 0.108 e. The molecule has 1 rings (SSSR count). The van der Waals surface area contributed by atoms with Crippen LogP contribution in [0.2, 0.25) is 0 Å². The summed E-state index contributed by atoms with van der Waals surface area (Å²) in [5, 5.41) is 7.39. The highest BCUT2D eigenvalue weighted by atomic mass is 15.1. The van der Waals surface area contributed by atoms with Crippen LogP contribution in [0.15, 0.2) is 28.4 Å². The summed E-state index contributed by atoms with van der Waals surface area (Å²) in [6.45, 7) is 0. The number of azo groups is 1. The van der Waals surface area contributed by atoms with Gasteiger partial charge < -0.3 is 11.5 Å². The molecule has 0 spiro atoms. The van der Waals surface area contributed by atoms with E-state index in [1.165, 1.54) is 0 Å². The first-order valence-electron chi connectivity index (χ1n) is 3.19. The van der Waals surface area contributed by atoms with Crippen LogP contribution in [0.3, 0.4) is 0 Å². The van der Waals surface area contributed by atoms with Crippen molar-refractivity contribution in [2.24, 2.45) is 10.2 Å². The van der Waals surface area contributed by atoms with Gasteiger partial charge in [-0.2, -0.15) is 10.2 Å². The Morgan fingerprint density at radius 1 is 1.27 bits per heavy atom. The number of hydrogen-bond donors (Lipinski definition) is 2. The Kier molecular flexibility index (Phi) is 2.06. The molecule has 0 aliphatic rings. The number of nitrogen functional groups attached to an aromatic ring is 2. The number of rotatable bonds is 1. The Hall–Kier alpha value is -1.58. The first kappa shape index (κ1) is 7.53. The highest BCUT2D eigenvalue weighted by Crippen LogP contribution is 2.23. The largest absolute Gasteiger partial charge is 0.399 e. The SMILES string of the molecule is C/N=N/c1ccc(N)cc1N. The quantitative estimate of drug-likeness (QED) is 0.470. The van der Waals surface area contributed by atoms with E-state index in [0.29, 0.717) is 17.1 Å². The monoisotopic (exact) mass is 150 g/mol. The summed E-state index contributed by atoms with van der Waals surface area (Å²) in [5.74, 6) is 0. The van der Waals surface area contributed by atoms with Gasteiger partial charge in [-0.3, -0.25) is 0 Å². The molecule has 0 radical (unpaired) electrons. The number of benzene rings is 1. The van der Waals surface area contributed by atoms with Crippen LogP contribution in [-0.2, 0) is 0 Å². The fourth-order valence-electron chi connectivity index (χ4n) is 0.772. The summed E-state index contributed by atoms with van der Waals surface area (Å²) < 4.78 is 0. The fraction of sp³-hybridized carbons (Fsp3) is 0.143. The summed E-state index contributed by atoms with van der Waals surface area (Å²) in [5.41, 5.74) is 12.9. The van der Waals surface area contributed by atoms with Crippen molar-refractivity contribution in [3.05, 3.63) is 18.2 Å². The average molecular weight is 150 g/mol. The predicted octanol–water partition coefficient (Wildman–Crippen LogP) is 1.56. The number of nitrogens with two attached hydrogens (primary N) is 2. The third-order valence-electron chi connectivity index (χ3n) is 1.26. The third kappa shape index (κ3) is 1.67. The molecule has 4 N–H and O–H groups in total. The first-order valence-corrected chi connectivity index (χ1v) is 3.19. The van der Waals surface area contributed by atoms with Gasteiger partial charge in [0.05, 0.1) is 5.69 Å². The topological polar surface area (TPSA) is 76.8 Å². The smallest absolute Gasteiger partial charge is 0.108 e.